The summed E-state index contributed by atoms with van der Waals surface area (Å²) in [6.45, 7) is 0. The number of hydrogen-bond acceptors (Lipinski definition) is 0. The van der Waals surface area contributed by atoms with Gasteiger partial charge in [0, 0.05) is 0 Å². The topological polar surface area (TPSA) is 53.3 Å². The fraction of sp³-hybridized carbons (Fsp3) is 1.00. The van der Waals surface area contributed by atoms with Gasteiger partial charge in [-0.2, -0.15) is 0 Å². The number of halogens is 12. The first kappa shape index (κ1) is 158. The van der Waals surface area contributed by atoms with Gasteiger partial charge in [0.25, 0.3) is 0 Å². The van der Waals surface area contributed by atoms with Crippen LogP contribution in [0.5, 0.6) is 0 Å². The molecule has 24 heteroatoms. The predicted octanol–water partition coefficient (Wildman–Crippen LogP) is -50.8. The summed E-state index contributed by atoms with van der Waals surface area (Å²) in [5.41, 5.74) is 0. The summed E-state index contributed by atoms with van der Waals surface area (Å²) in [6, 6.07) is 0. The standard InChI is InChI=1S/12C3H9N.12BrH/c12*1-4(2)3;;;;;;;;;;;;/h12*1-3H3;12*1H. The second kappa shape index (κ2) is 151. The summed E-state index contributed by atoms with van der Waals surface area (Å²) in [5, 5.41) is 0. The van der Waals surface area contributed by atoms with E-state index in [9.17, 15) is 0 Å². The zero-order chi connectivity index (χ0) is 42.9. The van der Waals surface area contributed by atoms with Crippen molar-refractivity contribution in [1.29, 1.82) is 0 Å². The molecule has 0 bridgehead atoms. The van der Waals surface area contributed by atoms with E-state index in [2.05, 4.69) is 254 Å². The van der Waals surface area contributed by atoms with Gasteiger partial charge in [0.15, 0.2) is 0 Å². The summed E-state index contributed by atoms with van der Waals surface area (Å²) in [5.74, 6) is 0. The van der Waals surface area contributed by atoms with Gasteiger partial charge in [0.2, 0.25) is 0 Å². The molecule has 0 radical (unpaired) electrons. The van der Waals surface area contributed by atoms with Gasteiger partial charge in [-0.25, -0.2) is 0 Å². The van der Waals surface area contributed by atoms with Gasteiger partial charge < -0.3 is 263 Å². The minimum Gasteiger partial charge on any atom is -1.00 e. The molecule has 408 valence electrons. The zero-order valence-electron chi connectivity index (χ0n) is 46.5. The van der Waals surface area contributed by atoms with Crippen molar-refractivity contribution in [1.82, 2.24) is 0 Å². The van der Waals surface area contributed by atoms with Crippen LogP contribution in [-0.4, -0.2) is 254 Å². The Morgan fingerprint density at radius 1 is 0.0833 bits per heavy atom. The molecule has 0 saturated heterocycles. The lowest BCUT2D eigenvalue weighted by atomic mass is 11.0. The van der Waals surface area contributed by atoms with Crippen molar-refractivity contribution in [2.75, 3.05) is 254 Å². The number of nitrogens with one attached hydrogen (secondary N) is 12. The third kappa shape index (κ3) is 8800. The van der Waals surface area contributed by atoms with Gasteiger partial charge >= 0.3 is 0 Å². The lowest BCUT2D eigenvalue weighted by Crippen LogP contribution is -3.02. The van der Waals surface area contributed by atoms with E-state index in [4.69, 9.17) is 0 Å². The van der Waals surface area contributed by atoms with Crippen LogP contribution in [0, 0.1) is 0 Å². The van der Waals surface area contributed by atoms with Crippen LogP contribution in [0.3, 0.4) is 0 Å². The lowest BCUT2D eigenvalue weighted by molar-refractivity contribution is -0.836. The van der Waals surface area contributed by atoms with Crippen molar-refractivity contribution in [3.63, 3.8) is 0 Å². The van der Waals surface area contributed by atoms with Crippen LogP contribution in [0.4, 0.5) is 0 Å². The van der Waals surface area contributed by atoms with Crippen LogP contribution >= 0.6 is 0 Å². The molecule has 0 amide bonds. The monoisotopic (exact) mass is 1670 g/mol. The van der Waals surface area contributed by atoms with Crippen molar-refractivity contribution in [2.24, 2.45) is 0 Å². The highest BCUT2D eigenvalue weighted by Gasteiger charge is 1.65. The van der Waals surface area contributed by atoms with Crippen molar-refractivity contribution >= 4 is 0 Å². The Morgan fingerprint density at radius 2 is 0.0833 bits per heavy atom. The van der Waals surface area contributed by atoms with Gasteiger partial charge in [-0.3, -0.25) is 0 Å². The zero-order valence-corrected chi connectivity index (χ0v) is 65.6. The average Bonchev–Trinajstić information content (AvgIpc) is 2.61. The highest BCUT2D eigenvalue weighted by atomic mass is 79.9. The largest absolute Gasteiger partial charge is 1.00 e. The second-order valence-electron chi connectivity index (χ2n) is 18.0. The van der Waals surface area contributed by atoms with Gasteiger partial charge in [-0.05, 0) is 0 Å². The second-order valence-corrected chi connectivity index (χ2v) is 18.0. The van der Waals surface area contributed by atoms with E-state index >= 15 is 0 Å². The Balaban J connectivity index is -0.0000000105. The summed E-state index contributed by atoms with van der Waals surface area (Å²) in [6.07, 6.45) is 0. The van der Waals surface area contributed by atoms with Gasteiger partial charge in [0.1, 0.15) is 0 Å². The molecule has 0 atom stereocenters. The van der Waals surface area contributed by atoms with Gasteiger partial charge in [0.05, 0.1) is 254 Å². The van der Waals surface area contributed by atoms with Crippen LogP contribution in [-0.2, 0) is 0 Å². The smallest absolute Gasteiger partial charge is 0.0661 e. The minimum atomic E-state index is 0. The Hall–Kier alpha value is 5.28. The van der Waals surface area contributed by atoms with E-state index in [1.807, 2.05) is 0 Å². The molecule has 0 aromatic heterocycles. The fourth-order valence-corrected chi connectivity index (χ4v) is 0. The fourth-order valence-electron chi connectivity index (χ4n) is 0. The van der Waals surface area contributed by atoms with Crippen LogP contribution in [0.25, 0.3) is 0 Å². The van der Waals surface area contributed by atoms with E-state index in [0.717, 1.165) is 0 Å². The molecule has 0 heterocycles. The first-order valence-electron chi connectivity index (χ1n) is 18.0. The molecule has 0 saturated carbocycles. The number of hydrogen-bond donors (Lipinski definition) is 12. The van der Waals surface area contributed by atoms with Gasteiger partial charge in [-0.1, -0.05) is 0 Å². The Kier molecular flexibility index (Phi) is 399. The molecule has 0 aromatic rings. The molecule has 0 spiro atoms. The predicted molar refractivity (Wildman–Crippen MR) is 225 cm³/mol. The highest BCUT2D eigenvalue weighted by Crippen LogP contribution is 0.909. The molecule has 60 heavy (non-hydrogen) atoms. The van der Waals surface area contributed by atoms with E-state index in [-0.39, 0.29) is 204 Å². The molecule has 0 aromatic carbocycles. The van der Waals surface area contributed by atoms with E-state index in [0.29, 0.717) is 0 Å². The van der Waals surface area contributed by atoms with Crippen LogP contribution in [0.2, 0.25) is 0 Å². The summed E-state index contributed by atoms with van der Waals surface area (Å²) in [4.78, 5) is 17.0. The van der Waals surface area contributed by atoms with Crippen molar-refractivity contribution in [3.8, 4) is 0 Å². The maximum Gasteiger partial charge on any atom is 0.0661 e. The summed E-state index contributed by atoms with van der Waals surface area (Å²) >= 11 is 0. The van der Waals surface area contributed by atoms with Crippen molar-refractivity contribution < 1.29 is 263 Å². The molecule has 12 nitrogen and oxygen atoms in total. The normalized spacial score (nSPS) is 7.20. The SMILES string of the molecule is C[NH+](C)C.C[NH+](C)C.C[NH+](C)C.C[NH+](C)C.C[NH+](C)C.C[NH+](C)C.C[NH+](C)C.C[NH+](C)C.C[NH+](C)C.C[NH+](C)C.C[NH+](C)C.C[NH+](C)C.[Br-].[Br-].[Br-].[Br-].[Br-].[Br-].[Br-].[Br-].[Br-].[Br-].[Br-].[Br-]. The van der Waals surface area contributed by atoms with E-state index < -0.39 is 0 Å². The maximum atomic E-state index is 2.08. The molecular formula is C36H120Br12N12. The molecule has 12 N–H and O–H groups in total. The number of quaternary nitrogens is 12. The Bertz CT molecular complexity index is 268. The molecule has 0 fully saturated rings. The van der Waals surface area contributed by atoms with Crippen molar-refractivity contribution in [3.05, 3.63) is 0 Å². The Morgan fingerprint density at radius 3 is 0.0833 bits per heavy atom. The van der Waals surface area contributed by atoms with E-state index in [1.165, 1.54) is 58.8 Å². The minimum absolute atomic E-state index is 0. The molecule has 0 rings (SSSR count). The van der Waals surface area contributed by atoms with Crippen molar-refractivity contribution in [2.45, 2.75) is 0 Å². The van der Waals surface area contributed by atoms with Crippen LogP contribution in [0.1, 0.15) is 0 Å². The number of rotatable bonds is 0. The first-order valence-corrected chi connectivity index (χ1v) is 18.0. The molecule has 0 aliphatic heterocycles. The third-order valence-electron chi connectivity index (χ3n) is 0. The quantitative estimate of drug-likeness (QED) is 0.114. The lowest BCUT2D eigenvalue weighted by Gasteiger charge is -1.88. The molecule has 0 aliphatic carbocycles. The molecular weight excluding hydrogens is 1560 g/mol. The highest BCUT2D eigenvalue weighted by molar-refractivity contribution is 3.63. The molecule has 0 aliphatic rings. The maximum absolute atomic E-state index is 2.08. The summed E-state index contributed by atoms with van der Waals surface area (Å²) < 4.78 is 0. The van der Waals surface area contributed by atoms with Crippen LogP contribution in [0.15, 0.2) is 0 Å². The van der Waals surface area contributed by atoms with E-state index in [1.54, 1.807) is 0 Å². The third-order valence-corrected chi connectivity index (χ3v) is 0. The van der Waals surface area contributed by atoms with Crippen LogP contribution < -0.4 is 263 Å². The molecule has 0 unspecified atom stereocenters. The Labute approximate surface area is 510 Å². The first-order chi connectivity index (χ1) is 20.8. The van der Waals surface area contributed by atoms with Gasteiger partial charge in [-0.15, -0.1) is 0 Å². The average molecular weight is 1680 g/mol. The summed E-state index contributed by atoms with van der Waals surface area (Å²) in [7, 11) is 75.0.